The van der Waals surface area contributed by atoms with Crippen LogP contribution in [0.25, 0.3) is 0 Å². The Balaban J connectivity index is 2.11. The summed E-state index contributed by atoms with van der Waals surface area (Å²) in [5, 5.41) is 0. The second-order valence-electron chi connectivity index (χ2n) is 4.83. The number of aromatic nitrogens is 1. The van der Waals surface area contributed by atoms with Gasteiger partial charge in [0.25, 0.3) is 0 Å². The lowest BCUT2D eigenvalue weighted by atomic mass is 10.1. The van der Waals surface area contributed by atoms with E-state index in [4.69, 9.17) is 10.5 Å². The molecule has 0 spiro atoms. The van der Waals surface area contributed by atoms with Gasteiger partial charge < -0.3 is 10.5 Å². The number of pyridine rings is 1. The molecule has 0 radical (unpaired) electrons. The molecule has 0 aliphatic rings. The molecule has 1 unspecified atom stereocenters. The summed E-state index contributed by atoms with van der Waals surface area (Å²) in [6.45, 7) is 1.77. The Morgan fingerprint density at radius 1 is 1.29 bits per heavy atom. The van der Waals surface area contributed by atoms with Gasteiger partial charge in [0.2, 0.25) is 0 Å². The summed E-state index contributed by atoms with van der Waals surface area (Å²) in [5.74, 6) is -1.86. The molecule has 0 fully saturated rings. The molecule has 0 saturated carbocycles. The van der Waals surface area contributed by atoms with Gasteiger partial charge in [0.1, 0.15) is 6.61 Å². The van der Waals surface area contributed by atoms with Crippen LogP contribution in [0.1, 0.15) is 18.2 Å². The molecule has 0 saturated heterocycles. The van der Waals surface area contributed by atoms with Gasteiger partial charge in [-0.05, 0) is 59.1 Å². The second-order valence-corrected chi connectivity index (χ2v) is 5.74. The molecule has 2 aromatic rings. The Morgan fingerprint density at radius 2 is 1.95 bits per heavy atom. The number of halogens is 3. The van der Waals surface area contributed by atoms with Crippen molar-refractivity contribution < 1.29 is 13.5 Å². The van der Waals surface area contributed by atoms with Crippen LogP contribution in [0.15, 0.2) is 34.9 Å². The standard InChI is InChI=1S/C15H15BrF2N2O/c1-9(19)4-10-5-13(17)15(14(18)6-10)21-8-12-3-2-11(16)7-20-12/h2-3,5-7,9H,4,8,19H2,1H3. The molecule has 21 heavy (non-hydrogen) atoms. The number of rotatable bonds is 5. The molecule has 112 valence electrons. The van der Waals surface area contributed by atoms with Crippen molar-refractivity contribution in [1.29, 1.82) is 0 Å². The first-order valence-corrected chi connectivity index (χ1v) is 7.21. The van der Waals surface area contributed by atoms with Gasteiger partial charge in [-0.1, -0.05) is 0 Å². The van der Waals surface area contributed by atoms with E-state index in [9.17, 15) is 8.78 Å². The molecule has 2 N–H and O–H groups in total. The van der Waals surface area contributed by atoms with E-state index in [0.29, 0.717) is 17.7 Å². The van der Waals surface area contributed by atoms with Crippen molar-refractivity contribution >= 4 is 15.9 Å². The van der Waals surface area contributed by atoms with Crippen LogP contribution in [0.4, 0.5) is 8.78 Å². The summed E-state index contributed by atoms with van der Waals surface area (Å²) in [5.41, 5.74) is 6.71. The van der Waals surface area contributed by atoms with Crippen LogP contribution in [-0.4, -0.2) is 11.0 Å². The zero-order valence-corrected chi connectivity index (χ0v) is 13.0. The van der Waals surface area contributed by atoms with Gasteiger partial charge in [-0.3, -0.25) is 4.98 Å². The van der Waals surface area contributed by atoms with E-state index in [1.165, 1.54) is 12.1 Å². The Bertz CT molecular complexity index is 595. The molecule has 1 aromatic carbocycles. The quantitative estimate of drug-likeness (QED) is 0.890. The van der Waals surface area contributed by atoms with Gasteiger partial charge in [-0.2, -0.15) is 0 Å². The minimum absolute atomic E-state index is 0.00619. The van der Waals surface area contributed by atoms with E-state index < -0.39 is 17.4 Å². The van der Waals surface area contributed by atoms with E-state index >= 15 is 0 Å². The molecular formula is C15H15BrF2N2O. The molecule has 6 heteroatoms. The van der Waals surface area contributed by atoms with Crippen molar-refractivity contribution in [2.45, 2.75) is 26.0 Å². The number of nitrogens with zero attached hydrogens (tertiary/aromatic N) is 1. The van der Waals surface area contributed by atoms with Gasteiger partial charge in [-0.15, -0.1) is 0 Å². The first-order valence-electron chi connectivity index (χ1n) is 6.42. The molecule has 1 heterocycles. The molecule has 0 aliphatic heterocycles. The van der Waals surface area contributed by atoms with E-state index in [0.717, 1.165) is 4.47 Å². The number of hydrogen-bond acceptors (Lipinski definition) is 3. The zero-order valence-electron chi connectivity index (χ0n) is 11.4. The monoisotopic (exact) mass is 356 g/mol. The van der Waals surface area contributed by atoms with Crippen molar-refractivity contribution in [3.8, 4) is 5.75 Å². The maximum absolute atomic E-state index is 13.9. The van der Waals surface area contributed by atoms with Crippen molar-refractivity contribution in [3.05, 3.63) is 57.8 Å². The molecule has 0 amide bonds. The largest absolute Gasteiger partial charge is 0.481 e. The van der Waals surface area contributed by atoms with E-state index in [1.54, 1.807) is 25.3 Å². The van der Waals surface area contributed by atoms with Crippen LogP contribution < -0.4 is 10.5 Å². The molecule has 1 atom stereocenters. The highest BCUT2D eigenvalue weighted by atomic mass is 79.9. The molecule has 1 aromatic heterocycles. The van der Waals surface area contributed by atoms with Crippen LogP contribution in [0.2, 0.25) is 0 Å². The summed E-state index contributed by atoms with van der Waals surface area (Å²) >= 11 is 3.26. The predicted molar refractivity (Wildman–Crippen MR) is 80.0 cm³/mol. The number of hydrogen-bond donors (Lipinski definition) is 1. The molecule has 0 bridgehead atoms. The third-order valence-corrected chi connectivity index (χ3v) is 3.24. The fourth-order valence-electron chi connectivity index (χ4n) is 1.88. The molecule has 3 nitrogen and oxygen atoms in total. The molecule has 2 rings (SSSR count). The summed E-state index contributed by atoms with van der Waals surface area (Å²) < 4.78 is 33.8. The smallest absolute Gasteiger partial charge is 0.191 e. The van der Waals surface area contributed by atoms with Crippen LogP contribution in [0.5, 0.6) is 5.75 Å². The van der Waals surface area contributed by atoms with Crippen LogP contribution in [-0.2, 0) is 13.0 Å². The van der Waals surface area contributed by atoms with Crippen LogP contribution in [0.3, 0.4) is 0 Å². The fraction of sp³-hybridized carbons (Fsp3) is 0.267. The SMILES string of the molecule is CC(N)Cc1cc(F)c(OCc2ccc(Br)cn2)c(F)c1. The van der Waals surface area contributed by atoms with Crippen molar-refractivity contribution in [3.63, 3.8) is 0 Å². The molecule has 0 aliphatic carbocycles. The number of benzene rings is 1. The van der Waals surface area contributed by atoms with Crippen LogP contribution in [0, 0.1) is 11.6 Å². The Morgan fingerprint density at radius 3 is 2.48 bits per heavy atom. The Hall–Kier alpha value is -1.53. The maximum atomic E-state index is 13.9. The summed E-state index contributed by atoms with van der Waals surface area (Å²) in [6.07, 6.45) is 2.00. The second kappa shape index (κ2) is 6.95. The topological polar surface area (TPSA) is 48.1 Å². The van der Waals surface area contributed by atoms with Gasteiger partial charge in [0, 0.05) is 16.7 Å². The van der Waals surface area contributed by atoms with Gasteiger partial charge >= 0.3 is 0 Å². The minimum Gasteiger partial charge on any atom is -0.481 e. The average molecular weight is 357 g/mol. The number of ether oxygens (including phenoxy) is 1. The predicted octanol–water partition coefficient (Wildman–Crippen LogP) is 3.59. The van der Waals surface area contributed by atoms with E-state index in [2.05, 4.69) is 20.9 Å². The third-order valence-electron chi connectivity index (χ3n) is 2.77. The number of nitrogens with two attached hydrogens (primary N) is 1. The van der Waals surface area contributed by atoms with Crippen molar-refractivity contribution in [2.75, 3.05) is 0 Å². The average Bonchev–Trinajstić information content (AvgIpc) is 2.39. The van der Waals surface area contributed by atoms with Gasteiger partial charge in [0.05, 0.1) is 5.69 Å². The van der Waals surface area contributed by atoms with Crippen molar-refractivity contribution in [1.82, 2.24) is 4.98 Å². The zero-order chi connectivity index (χ0) is 15.4. The van der Waals surface area contributed by atoms with Crippen molar-refractivity contribution in [2.24, 2.45) is 5.73 Å². The lowest BCUT2D eigenvalue weighted by Crippen LogP contribution is -2.18. The summed E-state index contributed by atoms with van der Waals surface area (Å²) in [7, 11) is 0. The van der Waals surface area contributed by atoms with Gasteiger partial charge in [0.15, 0.2) is 17.4 Å². The maximum Gasteiger partial charge on any atom is 0.191 e. The van der Waals surface area contributed by atoms with Crippen LogP contribution >= 0.6 is 15.9 Å². The normalized spacial score (nSPS) is 12.2. The van der Waals surface area contributed by atoms with Gasteiger partial charge in [-0.25, -0.2) is 8.78 Å². The Kier molecular flexibility index (Phi) is 5.25. The lowest BCUT2D eigenvalue weighted by molar-refractivity contribution is 0.270. The Labute approximate surface area is 130 Å². The minimum atomic E-state index is -0.734. The highest BCUT2D eigenvalue weighted by Gasteiger charge is 2.14. The highest BCUT2D eigenvalue weighted by molar-refractivity contribution is 9.10. The first kappa shape index (κ1) is 15.9. The van der Waals surface area contributed by atoms with E-state index in [1.807, 2.05) is 0 Å². The molecular weight excluding hydrogens is 342 g/mol. The summed E-state index contributed by atoms with van der Waals surface area (Å²) in [4.78, 5) is 4.08. The fourth-order valence-corrected chi connectivity index (χ4v) is 2.11. The summed E-state index contributed by atoms with van der Waals surface area (Å²) in [6, 6.07) is 5.82. The lowest BCUT2D eigenvalue weighted by Gasteiger charge is -2.11. The van der Waals surface area contributed by atoms with E-state index in [-0.39, 0.29) is 12.6 Å². The highest BCUT2D eigenvalue weighted by Crippen LogP contribution is 2.24. The third kappa shape index (κ3) is 4.47. The first-order chi connectivity index (χ1) is 9.95.